The van der Waals surface area contributed by atoms with Crippen molar-refractivity contribution in [1.29, 1.82) is 0 Å². The summed E-state index contributed by atoms with van der Waals surface area (Å²) < 4.78 is 5.89. The third-order valence-electron chi connectivity index (χ3n) is 7.88. The molecule has 2 aromatic rings. The number of hydrogen-bond donors (Lipinski definition) is 0. The van der Waals surface area contributed by atoms with E-state index in [0.717, 1.165) is 30.6 Å². The van der Waals surface area contributed by atoms with Crippen LogP contribution in [0, 0.1) is 17.8 Å². The molecule has 0 N–H and O–H groups in total. The van der Waals surface area contributed by atoms with E-state index in [1.807, 2.05) is 0 Å². The Kier molecular flexibility index (Phi) is 11.4. The normalized spacial score (nSPS) is 19.4. The summed E-state index contributed by atoms with van der Waals surface area (Å²) in [6.07, 6.45) is 18.3. The molecule has 1 fully saturated rings. The lowest BCUT2D eigenvalue weighted by atomic mass is 9.78. The number of unbranched alkanes of at least 4 members (excludes halogenated alkanes) is 3. The van der Waals surface area contributed by atoms with E-state index in [-0.39, 0.29) is 0 Å². The van der Waals surface area contributed by atoms with E-state index < -0.39 is 0 Å². The van der Waals surface area contributed by atoms with Crippen LogP contribution in [-0.2, 0) is 6.42 Å². The Hall–Kier alpha value is -1.76. The van der Waals surface area contributed by atoms with Gasteiger partial charge in [-0.3, -0.25) is 0 Å². The summed E-state index contributed by atoms with van der Waals surface area (Å²) >= 11 is 0. The van der Waals surface area contributed by atoms with Crippen molar-refractivity contribution in [1.82, 2.24) is 0 Å². The smallest absolute Gasteiger partial charge is 0.119 e. The summed E-state index contributed by atoms with van der Waals surface area (Å²) in [7, 11) is 0. The molecule has 0 aliphatic heterocycles. The number of rotatable bonds is 14. The Balaban J connectivity index is 1.33. The van der Waals surface area contributed by atoms with Gasteiger partial charge in [-0.25, -0.2) is 0 Å². The molecular formula is C32H48O. The predicted molar refractivity (Wildman–Crippen MR) is 144 cm³/mol. The molecule has 1 aliphatic rings. The first kappa shape index (κ1) is 25.9. The minimum Gasteiger partial charge on any atom is -0.493 e. The van der Waals surface area contributed by atoms with Crippen LogP contribution in [0.25, 0.3) is 11.1 Å². The summed E-state index contributed by atoms with van der Waals surface area (Å²) in [5.41, 5.74) is 4.04. The highest BCUT2D eigenvalue weighted by atomic mass is 16.5. The van der Waals surface area contributed by atoms with E-state index in [1.165, 1.54) is 93.7 Å². The first-order valence-electron chi connectivity index (χ1n) is 14.0. The summed E-state index contributed by atoms with van der Waals surface area (Å²) in [6, 6.07) is 17.8. The summed E-state index contributed by atoms with van der Waals surface area (Å²) in [6.45, 7) is 7.55. The molecule has 1 aliphatic carbocycles. The summed E-state index contributed by atoms with van der Waals surface area (Å²) in [5.74, 6) is 3.62. The zero-order chi connectivity index (χ0) is 23.3. The van der Waals surface area contributed by atoms with Gasteiger partial charge in [-0.1, -0.05) is 128 Å². The van der Waals surface area contributed by atoms with Gasteiger partial charge in [0, 0.05) is 0 Å². The van der Waals surface area contributed by atoms with E-state index in [1.54, 1.807) is 0 Å². The minimum absolute atomic E-state index is 0.604. The lowest BCUT2D eigenvalue weighted by Gasteiger charge is -2.28. The molecule has 0 bridgehead atoms. The predicted octanol–water partition coefficient (Wildman–Crippen LogP) is 9.88. The number of hydrogen-bond acceptors (Lipinski definition) is 1. The van der Waals surface area contributed by atoms with Crippen LogP contribution in [0.15, 0.2) is 48.5 Å². The van der Waals surface area contributed by atoms with E-state index in [4.69, 9.17) is 4.74 Å². The average molecular weight is 449 g/mol. The topological polar surface area (TPSA) is 9.23 Å². The Bertz CT molecular complexity index is 752. The molecule has 0 radical (unpaired) electrons. The lowest BCUT2D eigenvalue weighted by molar-refractivity contribution is 0.245. The van der Waals surface area contributed by atoms with E-state index in [9.17, 15) is 0 Å². The van der Waals surface area contributed by atoms with Gasteiger partial charge in [0.25, 0.3) is 0 Å². The van der Waals surface area contributed by atoms with Gasteiger partial charge in [0.15, 0.2) is 0 Å². The van der Waals surface area contributed by atoms with Crippen LogP contribution in [0.1, 0.15) is 103 Å². The molecule has 3 rings (SSSR count). The van der Waals surface area contributed by atoms with Crippen LogP contribution in [0.5, 0.6) is 5.75 Å². The average Bonchev–Trinajstić information content (AvgIpc) is 2.87. The van der Waals surface area contributed by atoms with Crippen LogP contribution in [0.2, 0.25) is 0 Å². The third-order valence-corrected chi connectivity index (χ3v) is 7.88. The van der Waals surface area contributed by atoms with Crippen molar-refractivity contribution in [3.63, 3.8) is 0 Å². The zero-order valence-corrected chi connectivity index (χ0v) is 21.7. The maximum absolute atomic E-state index is 5.89. The second-order valence-corrected chi connectivity index (χ2v) is 10.7. The Morgan fingerprint density at radius 2 is 1.27 bits per heavy atom. The SMILES string of the molecule is CCCCC[C@H]1CC[C@H](CCCCc2ccc(-c3ccc(OC[C@@H](C)CC)cc3)cc2)CC1. The highest BCUT2D eigenvalue weighted by Gasteiger charge is 2.20. The van der Waals surface area contributed by atoms with Crippen LogP contribution < -0.4 is 4.74 Å². The van der Waals surface area contributed by atoms with Crippen LogP contribution in [0.4, 0.5) is 0 Å². The highest BCUT2D eigenvalue weighted by molar-refractivity contribution is 5.64. The molecule has 0 unspecified atom stereocenters. The Labute approximate surface area is 204 Å². The van der Waals surface area contributed by atoms with Gasteiger partial charge in [0.05, 0.1) is 6.61 Å². The van der Waals surface area contributed by atoms with Gasteiger partial charge in [-0.2, -0.15) is 0 Å². The molecule has 0 aromatic heterocycles. The van der Waals surface area contributed by atoms with Crippen molar-refractivity contribution in [2.75, 3.05) is 6.61 Å². The van der Waals surface area contributed by atoms with Gasteiger partial charge < -0.3 is 4.74 Å². The molecule has 0 saturated heterocycles. The van der Waals surface area contributed by atoms with Gasteiger partial charge in [-0.05, 0) is 59.4 Å². The van der Waals surface area contributed by atoms with Crippen LogP contribution in [-0.4, -0.2) is 6.61 Å². The summed E-state index contributed by atoms with van der Waals surface area (Å²) in [5, 5.41) is 0. The van der Waals surface area contributed by atoms with Crippen molar-refractivity contribution in [2.24, 2.45) is 17.8 Å². The third kappa shape index (κ3) is 9.19. The molecule has 1 nitrogen and oxygen atoms in total. The standard InChI is InChI=1S/C32H48O/c1-4-6-7-10-27-13-15-28(16-14-27)11-8-9-12-29-17-19-30(20-18-29)31-21-23-32(24-22-31)33-25-26(3)5-2/h17-24,26-28H,4-16,25H2,1-3H3/t26-,27-,28-/m0/s1. The van der Waals surface area contributed by atoms with E-state index >= 15 is 0 Å². The molecule has 0 amide bonds. The van der Waals surface area contributed by atoms with Gasteiger partial charge >= 0.3 is 0 Å². The Morgan fingerprint density at radius 3 is 1.82 bits per heavy atom. The maximum Gasteiger partial charge on any atom is 0.119 e. The molecule has 0 spiro atoms. The first-order chi connectivity index (χ1) is 16.2. The maximum atomic E-state index is 5.89. The van der Waals surface area contributed by atoms with Crippen molar-refractivity contribution < 1.29 is 4.74 Å². The summed E-state index contributed by atoms with van der Waals surface area (Å²) in [4.78, 5) is 0. The molecule has 1 saturated carbocycles. The minimum atomic E-state index is 0.604. The van der Waals surface area contributed by atoms with Gasteiger partial charge in [0.2, 0.25) is 0 Å². The fourth-order valence-corrected chi connectivity index (χ4v) is 5.22. The first-order valence-corrected chi connectivity index (χ1v) is 14.0. The Morgan fingerprint density at radius 1 is 0.727 bits per heavy atom. The molecule has 182 valence electrons. The highest BCUT2D eigenvalue weighted by Crippen LogP contribution is 2.34. The van der Waals surface area contributed by atoms with Crippen molar-refractivity contribution in [3.05, 3.63) is 54.1 Å². The van der Waals surface area contributed by atoms with Crippen LogP contribution >= 0.6 is 0 Å². The van der Waals surface area contributed by atoms with Crippen molar-refractivity contribution in [2.45, 2.75) is 104 Å². The number of benzene rings is 2. The van der Waals surface area contributed by atoms with Crippen LogP contribution in [0.3, 0.4) is 0 Å². The molecular weight excluding hydrogens is 400 g/mol. The molecule has 1 atom stereocenters. The van der Waals surface area contributed by atoms with E-state index in [0.29, 0.717) is 5.92 Å². The fourth-order valence-electron chi connectivity index (χ4n) is 5.22. The van der Waals surface area contributed by atoms with Gasteiger partial charge in [-0.15, -0.1) is 0 Å². The molecule has 1 heteroatoms. The number of ether oxygens (including phenoxy) is 1. The van der Waals surface area contributed by atoms with Crippen molar-refractivity contribution in [3.8, 4) is 16.9 Å². The van der Waals surface area contributed by atoms with Gasteiger partial charge in [0.1, 0.15) is 5.75 Å². The molecule has 2 aromatic carbocycles. The molecule has 33 heavy (non-hydrogen) atoms. The second-order valence-electron chi connectivity index (χ2n) is 10.7. The fraction of sp³-hybridized carbons (Fsp3) is 0.625. The number of aryl methyl sites for hydroxylation is 1. The monoisotopic (exact) mass is 448 g/mol. The zero-order valence-electron chi connectivity index (χ0n) is 21.7. The lowest BCUT2D eigenvalue weighted by Crippen LogP contribution is -2.14. The largest absolute Gasteiger partial charge is 0.493 e. The van der Waals surface area contributed by atoms with Crippen molar-refractivity contribution >= 4 is 0 Å². The quantitative estimate of drug-likeness (QED) is 0.261. The van der Waals surface area contributed by atoms with E-state index in [2.05, 4.69) is 69.3 Å². The molecule has 0 heterocycles. The second kappa shape index (κ2) is 14.5.